The van der Waals surface area contributed by atoms with Gasteiger partial charge in [0.15, 0.2) is 0 Å². The molecule has 0 bridgehead atoms. The second-order valence-electron chi connectivity index (χ2n) is 5.59. The van der Waals surface area contributed by atoms with Crippen LogP contribution in [0.1, 0.15) is 22.3 Å². The number of phenols is 1. The molecule has 0 heterocycles. The third kappa shape index (κ3) is 4.26. The monoisotopic (exact) mass is 301 g/mol. The average Bonchev–Trinajstić information content (AvgIpc) is 2.45. The highest BCUT2D eigenvalue weighted by Gasteiger charge is 2.08. The van der Waals surface area contributed by atoms with E-state index >= 15 is 0 Å². The molecule has 0 saturated heterocycles. The summed E-state index contributed by atoms with van der Waals surface area (Å²) in [4.78, 5) is 3.51. The number of nitrogens with zero attached hydrogens (tertiary/aromatic N) is 1. The largest absolute Gasteiger partial charge is 0.508 e. The maximum Gasteiger partial charge on any atom is 0.120 e. The zero-order valence-electron chi connectivity index (χ0n) is 13.2. The van der Waals surface area contributed by atoms with Gasteiger partial charge in [0.2, 0.25) is 0 Å². The molecule has 0 fully saturated rings. The number of hydrogen-bond donors (Lipinski definition) is 1. The Morgan fingerprint density at radius 1 is 1.00 bits per heavy atom. The molecule has 3 heteroatoms. The van der Waals surface area contributed by atoms with Gasteiger partial charge >= 0.3 is 0 Å². The molecular formula is C18H23NOS. The van der Waals surface area contributed by atoms with E-state index in [1.807, 2.05) is 13.0 Å². The first-order chi connectivity index (χ1) is 9.99. The molecule has 0 aliphatic carbocycles. The molecule has 0 saturated carbocycles. The molecule has 2 rings (SSSR count). The van der Waals surface area contributed by atoms with Crippen molar-refractivity contribution in [3.05, 3.63) is 58.7 Å². The Balaban J connectivity index is 2.04. The van der Waals surface area contributed by atoms with Crippen LogP contribution in [0.2, 0.25) is 0 Å². The molecule has 0 aliphatic heterocycles. The third-order valence-corrected chi connectivity index (χ3v) is 4.49. The number of aromatic hydroxyl groups is 1. The van der Waals surface area contributed by atoms with Crippen molar-refractivity contribution in [3.8, 4) is 5.75 Å². The summed E-state index contributed by atoms with van der Waals surface area (Å²) < 4.78 is 0. The zero-order chi connectivity index (χ0) is 15.4. The molecule has 0 aromatic heterocycles. The van der Waals surface area contributed by atoms with Crippen molar-refractivity contribution in [3.63, 3.8) is 0 Å². The number of hydrogen-bond acceptors (Lipinski definition) is 3. The summed E-state index contributed by atoms with van der Waals surface area (Å²) in [6.07, 6.45) is 2.09. The molecule has 0 radical (unpaired) electrons. The van der Waals surface area contributed by atoms with Crippen LogP contribution < -0.4 is 0 Å². The molecular weight excluding hydrogens is 278 g/mol. The van der Waals surface area contributed by atoms with Crippen LogP contribution in [0.5, 0.6) is 5.75 Å². The first-order valence-electron chi connectivity index (χ1n) is 7.10. The highest BCUT2D eigenvalue weighted by atomic mass is 32.2. The van der Waals surface area contributed by atoms with E-state index in [4.69, 9.17) is 0 Å². The van der Waals surface area contributed by atoms with Gasteiger partial charge in [-0.3, -0.25) is 4.90 Å². The molecule has 2 aromatic rings. The highest BCUT2D eigenvalue weighted by molar-refractivity contribution is 7.98. The van der Waals surface area contributed by atoms with E-state index in [0.29, 0.717) is 5.75 Å². The Bertz CT molecular complexity index is 607. The van der Waals surface area contributed by atoms with Crippen molar-refractivity contribution in [1.82, 2.24) is 4.90 Å². The van der Waals surface area contributed by atoms with Crippen LogP contribution in [0, 0.1) is 13.8 Å². The normalized spacial score (nSPS) is 11.1. The van der Waals surface area contributed by atoms with Gasteiger partial charge in [0, 0.05) is 23.5 Å². The lowest BCUT2D eigenvalue weighted by molar-refractivity contribution is 0.312. The summed E-state index contributed by atoms with van der Waals surface area (Å²) in [5.74, 6) is 0.391. The minimum atomic E-state index is 0.391. The van der Waals surface area contributed by atoms with Gasteiger partial charge in [0.05, 0.1) is 0 Å². The number of aryl methyl sites for hydroxylation is 2. The van der Waals surface area contributed by atoms with E-state index in [-0.39, 0.29) is 0 Å². The summed E-state index contributed by atoms with van der Waals surface area (Å²) >= 11 is 1.76. The van der Waals surface area contributed by atoms with Crippen molar-refractivity contribution < 1.29 is 5.11 Å². The van der Waals surface area contributed by atoms with Crippen LogP contribution in [0.3, 0.4) is 0 Å². The van der Waals surface area contributed by atoms with Gasteiger partial charge in [-0.05, 0) is 62.0 Å². The topological polar surface area (TPSA) is 23.5 Å². The second-order valence-corrected chi connectivity index (χ2v) is 6.47. The van der Waals surface area contributed by atoms with Crippen LogP contribution in [-0.2, 0) is 13.1 Å². The lowest BCUT2D eigenvalue weighted by atomic mass is 10.0. The number of phenolic OH excluding ortho intramolecular Hbond substituents is 1. The molecule has 0 atom stereocenters. The maximum atomic E-state index is 10.1. The van der Waals surface area contributed by atoms with Crippen molar-refractivity contribution in [2.75, 3.05) is 13.3 Å². The van der Waals surface area contributed by atoms with Gasteiger partial charge in [-0.25, -0.2) is 0 Å². The zero-order valence-corrected chi connectivity index (χ0v) is 14.0. The van der Waals surface area contributed by atoms with Crippen LogP contribution in [0.4, 0.5) is 0 Å². The van der Waals surface area contributed by atoms with Crippen molar-refractivity contribution in [2.45, 2.75) is 31.8 Å². The Morgan fingerprint density at radius 3 is 2.24 bits per heavy atom. The molecule has 0 unspecified atom stereocenters. The first-order valence-corrected chi connectivity index (χ1v) is 8.32. The van der Waals surface area contributed by atoms with E-state index in [0.717, 1.165) is 24.2 Å². The summed E-state index contributed by atoms with van der Waals surface area (Å²) in [5, 5.41) is 10.1. The van der Waals surface area contributed by atoms with Crippen molar-refractivity contribution >= 4 is 11.8 Å². The van der Waals surface area contributed by atoms with Gasteiger partial charge in [0.1, 0.15) is 5.75 Å². The van der Waals surface area contributed by atoms with E-state index in [9.17, 15) is 5.11 Å². The Labute approximate surface area is 131 Å². The predicted molar refractivity (Wildman–Crippen MR) is 91.0 cm³/mol. The first kappa shape index (κ1) is 15.9. The number of benzene rings is 2. The molecule has 0 amide bonds. The van der Waals surface area contributed by atoms with Gasteiger partial charge in [-0.15, -0.1) is 11.8 Å². The van der Waals surface area contributed by atoms with E-state index in [2.05, 4.69) is 55.5 Å². The quantitative estimate of drug-likeness (QED) is 0.830. The molecule has 1 N–H and O–H groups in total. The summed E-state index contributed by atoms with van der Waals surface area (Å²) in [6, 6.07) is 12.6. The molecule has 21 heavy (non-hydrogen) atoms. The van der Waals surface area contributed by atoms with Crippen LogP contribution in [0.15, 0.2) is 41.3 Å². The Morgan fingerprint density at radius 2 is 1.62 bits per heavy atom. The minimum absolute atomic E-state index is 0.391. The fourth-order valence-corrected chi connectivity index (χ4v) is 2.78. The highest BCUT2D eigenvalue weighted by Crippen LogP contribution is 2.23. The van der Waals surface area contributed by atoms with E-state index < -0.39 is 0 Å². The Kier molecular flexibility index (Phi) is 5.32. The lowest BCUT2D eigenvalue weighted by Crippen LogP contribution is -2.17. The third-order valence-electron chi connectivity index (χ3n) is 3.75. The predicted octanol–water partition coefficient (Wildman–Crippen LogP) is 4.36. The van der Waals surface area contributed by atoms with E-state index in [1.165, 1.54) is 16.0 Å². The molecule has 2 aromatic carbocycles. The SMILES string of the molecule is CSc1ccc(CN(C)Cc2cc(C)c(C)cc2O)cc1. The van der Waals surface area contributed by atoms with Gasteiger partial charge in [-0.1, -0.05) is 18.2 Å². The average molecular weight is 301 g/mol. The molecule has 0 aliphatic rings. The number of rotatable bonds is 5. The molecule has 112 valence electrons. The minimum Gasteiger partial charge on any atom is -0.508 e. The van der Waals surface area contributed by atoms with Crippen molar-refractivity contribution in [2.24, 2.45) is 0 Å². The molecule has 2 nitrogen and oxygen atoms in total. The van der Waals surface area contributed by atoms with Crippen LogP contribution >= 0.6 is 11.8 Å². The summed E-state index contributed by atoms with van der Waals surface area (Å²) in [7, 11) is 2.08. The van der Waals surface area contributed by atoms with Crippen LogP contribution in [-0.4, -0.2) is 23.3 Å². The second kappa shape index (κ2) is 7.01. The van der Waals surface area contributed by atoms with Crippen molar-refractivity contribution in [1.29, 1.82) is 0 Å². The van der Waals surface area contributed by atoms with E-state index in [1.54, 1.807) is 11.8 Å². The lowest BCUT2D eigenvalue weighted by Gasteiger charge is -2.18. The fourth-order valence-electron chi connectivity index (χ4n) is 2.38. The van der Waals surface area contributed by atoms with Gasteiger partial charge < -0.3 is 5.11 Å². The fraction of sp³-hybridized carbons (Fsp3) is 0.333. The molecule has 0 spiro atoms. The van der Waals surface area contributed by atoms with Crippen LogP contribution in [0.25, 0.3) is 0 Å². The Hall–Kier alpha value is -1.45. The van der Waals surface area contributed by atoms with Gasteiger partial charge in [-0.2, -0.15) is 0 Å². The number of thioether (sulfide) groups is 1. The standard InChI is InChI=1S/C18H23NOS/c1-13-9-16(18(20)10-14(13)2)12-19(3)11-15-5-7-17(21-4)8-6-15/h5-10,20H,11-12H2,1-4H3. The summed E-state index contributed by atoms with van der Waals surface area (Å²) in [6.45, 7) is 5.73. The van der Waals surface area contributed by atoms with Gasteiger partial charge in [0.25, 0.3) is 0 Å². The smallest absolute Gasteiger partial charge is 0.120 e. The maximum absolute atomic E-state index is 10.1. The summed E-state index contributed by atoms with van der Waals surface area (Å²) in [5.41, 5.74) is 4.63.